The lowest BCUT2D eigenvalue weighted by molar-refractivity contribution is 0.131. The van der Waals surface area contributed by atoms with Gasteiger partial charge in [0.25, 0.3) is 0 Å². The van der Waals surface area contributed by atoms with Crippen molar-refractivity contribution in [2.75, 3.05) is 13.2 Å². The van der Waals surface area contributed by atoms with E-state index in [1.54, 1.807) is 0 Å². The predicted molar refractivity (Wildman–Crippen MR) is 77.1 cm³/mol. The van der Waals surface area contributed by atoms with Crippen LogP contribution in [0.15, 0.2) is 10.5 Å². The smallest absolute Gasteiger partial charge is 0.105 e. The Morgan fingerprint density at radius 3 is 2.58 bits per heavy atom. The van der Waals surface area contributed by atoms with Gasteiger partial charge in [0, 0.05) is 18.2 Å². The fraction of sp³-hybridized carbons (Fsp3) is 0.750. The molecule has 0 amide bonds. The lowest BCUT2D eigenvalue weighted by atomic mass is 9.79. The van der Waals surface area contributed by atoms with Crippen LogP contribution in [0.4, 0.5) is 0 Å². The van der Waals surface area contributed by atoms with E-state index in [-0.39, 0.29) is 0 Å². The molecule has 1 heterocycles. The second-order valence-electron chi connectivity index (χ2n) is 5.99. The first-order valence-electron chi connectivity index (χ1n) is 7.53. The van der Waals surface area contributed by atoms with Crippen LogP contribution in [0.2, 0.25) is 0 Å². The Morgan fingerprint density at radius 2 is 2.00 bits per heavy atom. The maximum absolute atomic E-state index is 9.45. The molecule has 1 aromatic heterocycles. The summed E-state index contributed by atoms with van der Waals surface area (Å²) >= 11 is 0. The van der Waals surface area contributed by atoms with E-state index in [4.69, 9.17) is 4.42 Å². The second-order valence-corrected chi connectivity index (χ2v) is 5.99. The number of aliphatic hydroxyl groups is 1. The standard InChI is InChI=1S/C16H27NO2/c1-11-8-16(13(3)19-11)12(2)17-9-14-6-4-5-7-15(14)10-18/h8,12,14-15,17-18H,4-7,9-10H2,1-3H3. The molecular weight excluding hydrogens is 238 g/mol. The summed E-state index contributed by atoms with van der Waals surface area (Å²) in [7, 11) is 0. The van der Waals surface area contributed by atoms with Gasteiger partial charge in [0.15, 0.2) is 0 Å². The van der Waals surface area contributed by atoms with Crippen molar-refractivity contribution < 1.29 is 9.52 Å². The molecule has 3 atom stereocenters. The highest BCUT2D eigenvalue weighted by molar-refractivity contribution is 5.23. The zero-order chi connectivity index (χ0) is 13.8. The van der Waals surface area contributed by atoms with Gasteiger partial charge in [-0.2, -0.15) is 0 Å². The van der Waals surface area contributed by atoms with Crippen molar-refractivity contribution in [1.29, 1.82) is 0 Å². The van der Waals surface area contributed by atoms with Crippen molar-refractivity contribution in [2.45, 2.75) is 52.5 Å². The minimum atomic E-state index is 0.318. The van der Waals surface area contributed by atoms with Crippen LogP contribution in [0.5, 0.6) is 0 Å². The van der Waals surface area contributed by atoms with Gasteiger partial charge >= 0.3 is 0 Å². The van der Waals surface area contributed by atoms with Crippen molar-refractivity contribution >= 4 is 0 Å². The molecule has 0 bridgehead atoms. The lowest BCUT2D eigenvalue weighted by Crippen LogP contribution is -2.33. The number of rotatable bonds is 5. The molecular formula is C16H27NO2. The van der Waals surface area contributed by atoms with Gasteiger partial charge in [-0.3, -0.25) is 0 Å². The van der Waals surface area contributed by atoms with Gasteiger partial charge < -0.3 is 14.8 Å². The van der Waals surface area contributed by atoms with Crippen LogP contribution in [0, 0.1) is 25.7 Å². The largest absolute Gasteiger partial charge is 0.466 e. The maximum Gasteiger partial charge on any atom is 0.105 e. The summed E-state index contributed by atoms with van der Waals surface area (Å²) in [5.41, 5.74) is 1.26. The molecule has 0 spiro atoms. The van der Waals surface area contributed by atoms with Gasteiger partial charge in [-0.25, -0.2) is 0 Å². The van der Waals surface area contributed by atoms with E-state index in [0.717, 1.165) is 18.1 Å². The summed E-state index contributed by atoms with van der Waals surface area (Å²) < 4.78 is 5.59. The van der Waals surface area contributed by atoms with Crippen molar-refractivity contribution in [3.63, 3.8) is 0 Å². The van der Waals surface area contributed by atoms with Crippen LogP contribution in [0.1, 0.15) is 55.7 Å². The minimum absolute atomic E-state index is 0.318. The molecule has 0 radical (unpaired) electrons. The number of aryl methyl sites for hydroxylation is 2. The molecule has 108 valence electrons. The van der Waals surface area contributed by atoms with E-state index >= 15 is 0 Å². The highest BCUT2D eigenvalue weighted by Crippen LogP contribution is 2.30. The van der Waals surface area contributed by atoms with Crippen LogP contribution in [0.3, 0.4) is 0 Å². The third-order valence-electron chi connectivity index (χ3n) is 4.53. The van der Waals surface area contributed by atoms with E-state index in [2.05, 4.69) is 18.3 Å². The summed E-state index contributed by atoms with van der Waals surface area (Å²) in [5.74, 6) is 3.10. The Morgan fingerprint density at radius 1 is 1.32 bits per heavy atom. The Labute approximate surface area is 116 Å². The van der Waals surface area contributed by atoms with Gasteiger partial charge in [0.05, 0.1) is 0 Å². The molecule has 2 N–H and O–H groups in total. The van der Waals surface area contributed by atoms with Crippen LogP contribution >= 0.6 is 0 Å². The van der Waals surface area contributed by atoms with Crippen LogP contribution < -0.4 is 5.32 Å². The van der Waals surface area contributed by atoms with Crippen LogP contribution in [0.25, 0.3) is 0 Å². The van der Waals surface area contributed by atoms with Gasteiger partial charge in [-0.1, -0.05) is 12.8 Å². The molecule has 0 aromatic carbocycles. The molecule has 0 aliphatic heterocycles. The summed E-state index contributed by atoms with van der Waals surface area (Å²) in [6.45, 7) is 7.54. The SMILES string of the molecule is Cc1cc(C(C)NCC2CCCCC2CO)c(C)o1. The highest BCUT2D eigenvalue weighted by Gasteiger charge is 2.25. The molecule has 1 aromatic rings. The van der Waals surface area contributed by atoms with Crippen molar-refractivity contribution in [3.8, 4) is 0 Å². The predicted octanol–water partition coefficient (Wildman–Crippen LogP) is 3.35. The quantitative estimate of drug-likeness (QED) is 0.858. The van der Waals surface area contributed by atoms with E-state index in [0.29, 0.717) is 24.5 Å². The first-order valence-corrected chi connectivity index (χ1v) is 7.53. The maximum atomic E-state index is 9.45. The molecule has 1 aliphatic rings. The first kappa shape index (κ1) is 14.6. The Kier molecular flexibility index (Phi) is 5.06. The van der Waals surface area contributed by atoms with Gasteiger partial charge in [0.1, 0.15) is 11.5 Å². The number of hydrogen-bond donors (Lipinski definition) is 2. The third-order valence-corrected chi connectivity index (χ3v) is 4.53. The molecule has 0 saturated heterocycles. The zero-order valence-corrected chi connectivity index (χ0v) is 12.4. The van der Waals surface area contributed by atoms with Crippen LogP contribution in [-0.4, -0.2) is 18.3 Å². The Hall–Kier alpha value is -0.800. The van der Waals surface area contributed by atoms with Crippen molar-refractivity contribution in [1.82, 2.24) is 5.32 Å². The average Bonchev–Trinajstić information content (AvgIpc) is 2.75. The van der Waals surface area contributed by atoms with E-state index < -0.39 is 0 Å². The van der Waals surface area contributed by atoms with E-state index in [9.17, 15) is 5.11 Å². The second kappa shape index (κ2) is 6.58. The van der Waals surface area contributed by atoms with E-state index in [1.165, 1.54) is 31.2 Å². The number of aliphatic hydroxyl groups excluding tert-OH is 1. The molecule has 2 rings (SSSR count). The average molecular weight is 265 g/mol. The molecule has 3 unspecified atom stereocenters. The Bertz CT molecular complexity index is 399. The monoisotopic (exact) mass is 265 g/mol. The topological polar surface area (TPSA) is 45.4 Å². The molecule has 1 fully saturated rings. The van der Waals surface area contributed by atoms with Gasteiger partial charge in [-0.05, 0) is 58.1 Å². The summed E-state index contributed by atoms with van der Waals surface area (Å²) in [5, 5.41) is 13.1. The fourth-order valence-electron chi connectivity index (χ4n) is 3.31. The van der Waals surface area contributed by atoms with Gasteiger partial charge in [-0.15, -0.1) is 0 Å². The molecule has 3 nitrogen and oxygen atoms in total. The molecule has 3 heteroatoms. The molecule has 19 heavy (non-hydrogen) atoms. The highest BCUT2D eigenvalue weighted by atomic mass is 16.3. The lowest BCUT2D eigenvalue weighted by Gasteiger charge is -2.31. The van der Waals surface area contributed by atoms with Gasteiger partial charge in [0.2, 0.25) is 0 Å². The molecule has 1 aliphatic carbocycles. The Balaban J connectivity index is 1.89. The number of furan rings is 1. The number of nitrogens with one attached hydrogen (secondary N) is 1. The number of hydrogen-bond acceptors (Lipinski definition) is 3. The summed E-state index contributed by atoms with van der Waals surface area (Å²) in [6, 6.07) is 2.44. The fourth-order valence-corrected chi connectivity index (χ4v) is 3.31. The van der Waals surface area contributed by atoms with Crippen molar-refractivity contribution in [2.24, 2.45) is 11.8 Å². The van der Waals surface area contributed by atoms with E-state index in [1.807, 2.05) is 13.8 Å². The minimum Gasteiger partial charge on any atom is -0.466 e. The first-order chi connectivity index (χ1) is 9.11. The zero-order valence-electron chi connectivity index (χ0n) is 12.4. The summed E-state index contributed by atoms with van der Waals surface area (Å²) in [4.78, 5) is 0. The van der Waals surface area contributed by atoms with Crippen molar-refractivity contribution in [3.05, 3.63) is 23.2 Å². The third kappa shape index (κ3) is 3.61. The normalized spacial score (nSPS) is 25.5. The molecule has 1 saturated carbocycles. The summed E-state index contributed by atoms with van der Waals surface area (Å²) in [6.07, 6.45) is 5.01. The van der Waals surface area contributed by atoms with Crippen LogP contribution in [-0.2, 0) is 0 Å².